The molecule has 0 bridgehead atoms. The van der Waals surface area contributed by atoms with Crippen LogP contribution in [0.3, 0.4) is 0 Å². The second-order valence-electron chi connectivity index (χ2n) is 6.43. The Labute approximate surface area is 162 Å². The number of aromatic nitrogens is 1. The molecule has 0 aliphatic carbocycles. The third kappa shape index (κ3) is 3.75. The van der Waals surface area contributed by atoms with Crippen LogP contribution in [-0.2, 0) is 6.18 Å². The van der Waals surface area contributed by atoms with Crippen LogP contribution in [0.4, 0.5) is 24.5 Å². The fourth-order valence-corrected chi connectivity index (χ4v) is 3.82. The minimum Gasteiger partial charge on any atom is -0.370 e. The lowest BCUT2D eigenvalue weighted by Gasteiger charge is -2.22. The van der Waals surface area contributed by atoms with Crippen LogP contribution in [0.15, 0.2) is 46.3 Å². The number of hydrogen-bond donors (Lipinski definition) is 1. The molecule has 28 heavy (non-hydrogen) atoms. The van der Waals surface area contributed by atoms with Gasteiger partial charge in [-0.3, -0.25) is 4.79 Å². The minimum absolute atomic E-state index is 0.00758. The second-order valence-corrected chi connectivity index (χ2v) is 7.38. The highest BCUT2D eigenvalue weighted by atomic mass is 32.1. The van der Waals surface area contributed by atoms with E-state index >= 15 is 0 Å². The van der Waals surface area contributed by atoms with Gasteiger partial charge in [0.05, 0.1) is 21.8 Å². The van der Waals surface area contributed by atoms with Crippen LogP contribution in [0.1, 0.15) is 28.9 Å². The lowest BCUT2D eigenvalue weighted by atomic mass is 10.1. The van der Waals surface area contributed by atoms with Crippen LogP contribution in [0.5, 0.6) is 0 Å². The Balaban J connectivity index is 1.62. The van der Waals surface area contributed by atoms with E-state index in [-0.39, 0.29) is 11.4 Å². The van der Waals surface area contributed by atoms with Gasteiger partial charge in [0.25, 0.3) is 5.91 Å². The van der Waals surface area contributed by atoms with Crippen LogP contribution in [0.2, 0.25) is 0 Å². The molecule has 1 fully saturated rings. The third-order valence-electron chi connectivity index (χ3n) is 4.53. The summed E-state index contributed by atoms with van der Waals surface area (Å²) in [7, 11) is 0. The molecule has 0 saturated carbocycles. The van der Waals surface area contributed by atoms with Crippen molar-refractivity contribution in [1.82, 2.24) is 5.16 Å². The van der Waals surface area contributed by atoms with Crippen LogP contribution in [-0.4, -0.2) is 24.2 Å². The zero-order valence-electron chi connectivity index (χ0n) is 14.6. The van der Waals surface area contributed by atoms with Crippen molar-refractivity contribution in [3.05, 3.63) is 53.0 Å². The molecule has 1 aliphatic rings. The number of thiophene rings is 1. The van der Waals surface area contributed by atoms with Gasteiger partial charge in [-0.15, -0.1) is 11.3 Å². The Bertz CT molecular complexity index is 977. The smallest absolute Gasteiger partial charge is 0.370 e. The van der Waals surface area contributed by atoms with Gasteiger partial charge in [0, 0.05) is 19.2 Å². The molecule has 0 radical (unpaired) electrons. The Kier molecular flexibility index (Phi) is 4.84. The maximum Gasteiger partial charge on any atom is 0.416 e. The van der Waals surface area contributed by atoms with Crippen molar-refractivity contribution in [3.8, 4) is 10.6 Å². The van der Waals surface area contributed by atoms with Crippen molar-refractivity contribution in [2.24, 2.45) is 0 Å². The first kappa shape index (κ1) is 18.5. The molecule has 2 aromatic heterocycles. The molecule has 0 spiro atoms. The van der Waals surface area contributed by atoms with E-state index in [0.29, 0.717) is 11.4 Å². The van der Waals surface area contributed by atoms with Gasteiger partial charge in [-0.1, -0.05) is 11.2 Å². The molecule has 1 saturated heterocycles. The molecule has 3 heterocycles. The van der Waals surface area contributed by atoms with Gasteiger partial charge >= 0.3 is 6.18 Å². The van der Waals surface area contributed by atoms with E-state index in [9.17, 15) is 18.0 Å². The number of alkyl halides is 3. The van der Waals surface area contributed by atoms with Crippen LogP contribution < -0.4 is 10.2 Å². The summed E-state index contributed by atoms with van der Waals surface area (Å²) < 4.78 is 44.6. The molecule has 5 nitrogen and oxygen atoms in total. The first-order valence-electron chi connectivity index (χ1n) is 8.70. The largest absolute Gasteiger partial charge is 0.416 e. The SMILES string of the molecule is O=C(Nc1cc(C(F)(F)F)ccc1N1CCCC1)c1cc(-c2cccs2)on1. The topological polar surface area (TPSA) is 58.4 Å². The van der Waals surface area contributed by atoms with Gasteiger partial charge < -0.3 is 14.7 Å². The van der Waals surface area contributed by atoms with Crippen LogP contribution >= 0.6 is 11.3 Å². The number of halogens is 3. The number of carbonyl (C=O) groups is 1. The fourth-order valence-electron chi connectivity index (χ4n) is 3.15. The van der Waals surface area contributed by atoms with Gasteiger partial charge in [-0.2, -0.15) is 13.2 Å². The summed E-state index contributed by atoms with van der Waals surface area (Å²) in [5.41, 5.74) is -0.124. The first-order valence-corrected chi connectivity index (χ1v) is 9.58. The number of hydrogen-bond acceptors (Lipinski definition) is 5. The lowest BCUT2D eigenvalue weighted by molar-refractivity contribution is -0.137. The number of benzene rings is 1. The van der Waals surface area contributed by atoms with Crippen molar-refractivity contribution in [3.63, 3.8) is 0 Å². The zero-order chi connectivity index (χ0) is 19.7. The van der Waals surface area contributed by atoms with Gasteiger partial charge in [-0.25, -0.2) is 0 Å². The van der Waals surface area contributed by atoms with Crippen LogP contribution in [0, 0.1) is 0 Å². The molecular weight excluding hydrogens is 391 g/mol. The molecule has 1 N–H and O–H groups in total. The maximum atomic E-state index is 13.1. The maximum absolute atomic E-state index is 13.1. The Morgan fingerprint density at radius 3 is 2.64 bits per heavy atom. The predicted octanol–water partition coefficient (Wildman–Crippen LogP) is 5.27. The van der Waals surface area contributed by atoms with E-state index in [0.717, 1.165) is 42.9 Å². The molecule has 1 aliphatic heterocycles. The highest BCUT2D eigenvalue weighted by Crippen LogP contribution is 2.37. The van der Waals surface area contributed by atoms with Crippen molar-refractivity contribution in [2.45, 2.75) is 19.0 Å². The van der Waals surface area contributed by atoms with Crippen molar-refractivity contribution < 1.29 is 22.5 Å². The van der Waals surface area contributed by atoms with Gasteiger partial charge in [0.2, 0.25) is 0 Å². The number of amides is 1. The summed E-state index contributed by atoms with van der Waals surface area (Å²) >= 11 is 1.43. The second kappa shape index (κ2) is 7.31. The van der Waals surface area contributed by atoms with Crippen LogP contribution in [0.25, 0.3) is 10.6 Å². The van der Waals surface area contributed by atoms with E-state index in [1.807, 2.05) is 22.4 Å². The van der Waals surface area contributed by atoms with Crippen molar-refractivity contribution in [1.29, 1.82) is 0 Å². The number of rotatable bonds is 4. The fraction of sp³-hybridized carbons (Fsp3) is 0.263. The average molecular weight is 407 g/mol. The average Bonchev–Trinajstić information content (AvgIpc) is 3.42. The lowest BCUT2D eigenvalue weighted by Crippen LogP contribution is -2.22. The van der Waals surface area contributed by atoms with E-state index < -0.39 is 17.6 Å². The summed E-state index contributed by atoms with van der Waals surface area (Å²) in [5.74, 6) is -0.185. The Morgan fingerprint density at radius 1 is 1.18 bits per heavy atom. The van der Waals surface area contributed by atoms with Gasteiger partial charge in [0.15, 0.2) is 11.5 Å². The molecule has 1 aromatic carbocycles. The van der Waals surface area contributed by atoms with E-state index in [2.05, 4.69) is 10.5 Å². The third-order valence-corrected chi connectivity index (χ3v) is 5.41. The molecular formula is C19H16F3N3O2S. The number of carbonyl (C=O) groups excluding carboxylic acids is 1. The monoisotopic (exact) mass is 407 g/mol. The number of nitrogens with zero attached hydrogens (tertiary/aromatic N) is 2. The highest BCUT2D eigenvalue weighted by molar-refractivity contribution is 7.13. The highest BCUT2D eigenvalue weighted by Gasteiger charge is 2.32. The van der Waals surface area contributed by atoms with E-state index in [4.69, 9.17) is 4.52 Å². The first-order chi connectivity index (χ1) is 13.4. The molecule has 1 amide bonds. The van der Waals surface area contributed by atoms with Crippen molar-refractivity contribution in [2.75, 3.05) is 23.3 Å². The summed E-state index contributed by atoms with van der Waals surface area (Å²) in [4.78, 5) is 15.4. The Hall–Kier alpha value is -2.81. The molecule has 0 atom stereocenters. The van der Waals surface area contributed by atoms with Gasteiger partial charge in [0.1, 0.15) is 0 Å². The summed E-state index contributed by atoms with van der Waals surface area (Å²) in [6.07, 6.45) is -2.58. The quantitative estimate of drug-likeness (QED) is 0.640. The summed E-state index contributed by atoms with van der Waals surface area (Å²) in [5, 5.41) is 8.19. The minimum atomic E-state index is -4.50. The molecule has 9 heteroatoms. The summed E-state index contributed by atoms with van der Waals surface area (Å²) in [6.45, 7) is 1.47. The summed E-state index contributed by atoms with van der Waals surface area (Å²) in [6, 6.07) is 8.55. The normalized spacial score (nSPS) is 14.5. The van der Waals surface area contributed by atoms with E-state index in [1.54, 1.807) is 0 Å². The zero-order valence-corrected chi connectivity index (χ0v) is 15.4. The molecule has 3 aromatic rings. The van der Waals surface area contributed by atoms with Crippen molar-refractivity contribution >= 4 is 28.6 Å². The molecule has 4 rings (SSSR count). The van der Waals surface area contributed by atoms with E-state index in [1.165, 1.54) is 23.5 Å². The number of nitrogens with one attached hydrogen (secondary N) is 1. The number of anilines is 2. The van der Waals surface area contributed by atoms with Gasteiger partial charge in [-0.05, 0) is 42.5 Å². The molecule has 0 unspecified atom stereocenters. The predicted molar refractivity (Wildman–Crippen MR) is 101 cm³/mol. The molecule has 146 valence electrons. The standard InChI is InChI=1S/C19H16F3N3O2S/c20-19(21,22)12-5-6-15(25-7-1-2-8-25)13(10-12)23-18(26)14-11-16(27-24-14)17-4-3-9-28-17/h3-6,9-11H,1-2,7-8H2,(H,23,26). The Morgan fingerprint density at radius 2 is 1.96 bits per heavy atom.